The molecule has 0 atom stereocenters. The van der Waals surface area contributed by atoms with E-state index >= 15 is 0 Å². The Hall–Kier alpha value is -1.78. The Labute approximate surface area is 146 Å². The monoisotopic (exact) mass is 348 g/mol. The summed E-state index contributed by atoms with van der Waals surface area (Å²) in [6.45, 7) is 3.12. The summed E-state index contributed by atoms with van der Waals surface area (Å²) in [5.74, 6) is 1.01. The third-order valence-electron chi connectivity index (χ3n) is 4.52. The average Bonchev–Trinajstić information content (AvgIpc) is 2.65. The topological polar surface area (TPSA) is 76.7 Å². The van der Waals surface area contributed by atoms with Crippen molar-refractivity contribution in [1.82, 2.24) is 0 Å². The van der Waals surface area contributed by atoms with Gasteiger partial charge in [0, 0.05) is 5.56 Å². The molecule has 1 aliphatic carbocycles. The highest BCUT2D eigenvalue weighted by Gasteiger charge is 2.31. The van der Waals surface area contributed by atoms with Crippen LogP contribution in [-0.2, 0) is 27.1 Å². The van der Waals surface area contributed by atoms with E-state index < -0.39 is 0 Å². The molecule has 1 aliphatic heterocycles. The zero-order valence-corrected chi connectivity index (χ0v) is 14.7. The van der Waals surface area contributed by atoms with Crippen LogP contribution in [0.2, 0.25) is 0 Å². The third kappa shape index (κ3) is 3.50. The summed E-state index contributed by atoms with van der Waals surface area (Å²) in [5, 5.41) is 10.4. The summed E-state index contributed by atoms with van der Waals surface area (Å²) in [6, 6.07) is 2.35. The van der Waals surface area contributed by atoms with E-state index in [0.717, 1.165) is 55.2 Å². The minimum atomic E-state index is -0.289. The number of hydrogen-bond donors (Lipinski definition) is 0. The van der Waals surface area contributed by atoms with Crippen LogP contribution >= 0.6 is 11.8 Å². The first-order valence-corrected chi connectivity index (χ1v) is 9.26. The molecule has 2 aliphatic rings. The van der Waals surface area contributed by atoms with E-state index in [0.29, 0.717) is 18.8 Å². The number of H-pyrrole nitrogens is 1. The summed E-state index contributed by atoms with van der Waals surface area (Å²) in [7, 11) is 1.38. The molecular formula is C17H22N3O3S+. The number of aromatic amines is 1. The molecule has 0 bridgehead atoms. The number of carbonyl (C=O) groups is 1. The molecule has 0 amide bonds. The standard InChI is InChI=1S/C17H21N3O3S/c1-22-15(21)11-24-17-14(10-18)12-4-2-3-5-13(12)16(19-17)20-6-8-23-9-7-20/h2-9,11H2,1H3/p+1. The molecule has 0 aromatic carbocycles. The number of morpholine rings is 1. The molecule has 0 radical (unpaired) electrons. The second-order valence-electron chi connectivity index (χ2n) is 5.92. The smallest absolute Gasteiger partial charge is 0.316 e. The molecular weight excluding hydrogens is 326 g/mol. The number of hydrogen-bond acceptors (Lipinski definition) is 6. The number of fused-ring (bicyclic) bond motifs is 1. The number of nitrogens with zero attached hydrogens (tertiary/aromatic N) is 2. The lowest BCUT2D eigenvalue weighted by atomic mass is 9.89. The van der Waals surface area contributed by atoms with Gasteiger partial charge in [0.2, 0.25) is 0 Å². The number of rotatable bonds is 4. The maximum atomic E-state index is 11.5. The van der Waals surface area contributed by atoms with E-state index in [4.69, 9.17) is 9.47 Å². The zero-order chi connectivity index (χ0) is 16.9. The van der Waals surface area contributed by atoms with Crippen LogP contribution in [-0.4, -0.2) is 45.1 Å². The van der Waals surface area contributed by atoms with Crippen LogP contribution in [0.25, 0.3) is 0 Å². The van der Waals surface area contributed by atoms with Crippen molar-refractivity contribution in [3.8, 4) is 6.07 Å². The number of thioether (sulfide) groups is 1. The fourth-order valence-corrected chi connectivity index (χ4v) is 4.16. The summed E-state index contributed by atoms with van der Waals surface area (Å²) >= 11 is 1.34. The van der Waals surface area contributed by atoms with Gasteiger partial charge in [-0.25, -0.2) is 4.98 Å². The summed E-state index contributed by atoms with van der Waals surface area (Å²) in [6.07, 6.45) is 4.18. The molecule has 2 heterocycles. The number of pyridine rings is 1. The van der Waals surface area contributed by atoms with Crippen LogP contribution in [0.3, 0.4) is 0 Å². The zero-order valence-electron chi connectivity index (χ0n) is 13.9. The lowest BCUT2D eigenvalue weighted by Crippen LogP contribution is -2.41. The number of nitriles is 1. The molecule has 3 rings (SSSR count). The first-order valence-electron chi connectivity index (χ1n) is 8.28. The number of nitrogens with one attached hydrogen (secondary N) is 1. The van der Waals surface area contributed by atoms with Crippen molar-refractivity contribution in [3.05, 3.63) is 16.7 Å². The first-order chi connectivity index (χ1) is 11.7. The molecule has 6 nitrogen and oxygen atoms in total. The fourth-order valence-electron chi connectivity index (χ4n) is 3.30. The number of methoxy groups -OCH3 is 1. The molecule has 1 saturated heterocycles. The van der Waals surface area contributed by atoms with Gasteiger partial charge in [0.05, 0.1) is 26.1 Å². The first kappa shape index (κ1) is 17.1. The SMILES string of the molecule is COC(=O)CSc1[nH+]c(N2CCOCC2)c2c(c1C#N)CCCC2. The molecule has 1 aromatic rings. The van der Waals surface area contributed by atoms with Gasteiger partial charge in [-0.15, -0.1) is 0 Å². The Morgan fingerprint density at radius 3 is 2.71 bits per heavy atom. The van der Waals surface area contributed by atoms with Crippen molar-refractivity contribution in [3.63, 3.8) is 0 Å². The lowest BCUT2D eigenvalue weighted by Gasteiger charge is -2.26. The number of carbonyl (C=O) groups excluding carboxylic acids is 1. The van der Waals surface area contributed by atoms with Crippen molar-refractivity contribution in [2.75, 3.05) is 44.1 Å². The second-order valence-corrected chi connectivity index (χ2v) is 6.90. The van der Waals surface area contributed by atoms with Gasteiger partial charge in [-0.05, 0) is 31.2 Å². The van der Waals surface area contributed by atoms with Crippen LogP contribution in [0.1, 0.15) is 29.5 Å². The maximum Gasteiger partial charge on any atom is 0.316 e. The summed E-state index contributed by atoms with van der Waals surface area (Å²) in [5.41, 5.74) is 3.11. The predicted molar refractivity (Wildman–Crippen MR) is 90.1 cm³/mol. The average molecular weight is 348 g/mol. The summed E-state index contributed by atoms with van der Waals surface area (Å²) < 4.78 is 10.2. The van der Waals surface area contributed by atoms with Gasteiger partial charge in [0.15, 0.2) is 5.03 Å². The predicted octanol–water partition coefficient (Wildman–Crippen LogP) is 1.35. The van der Waals surface area contributed by atoms with Crippen LogP contribution in [0, 0.1) is 11.3 Å². The minimum absolute atomic E-state index is 0.197. The Morgan fingerprint density at radius 2 is 2.04 bits per heavy atom. The third-order valence-corrected chi connectivity index (χ3v) is 5.49. The number of esters is 1. The van der Waals surface area contributed by atoms with Crippen molar-refractivity contribution >= 4 is 23.5 Å². The molecule has 0 saturated carbocycles. The molecule has 0 spiro atoms. The van der Waals surface area contributed by atoms with Crippen molar-refractivity contribution in [2.45, 2.75) is 30.7 Å². The van der Waals surface area contributed by atoms with Gasteiger partial charge < -0.3 is 9.47 Å². The van der Waals surface area contributed by atoms with Crippen LogP contribution in [0.4, 0.5) is 5.82 Å². The maximum absolute atomic E-state index is 11.5. The minimum Gasteiger partial charge on any atom is -0.468 e. The Bertz CT molecular complexity index is 666. The van der Waals surface area contributed by atoms with Gasteiger partial charge in [0.1, 0.15) is 24.7 Å². The Kier molecular flexibility index (Phi) is 5.59. The van der Waals surface area contributed by atoms with Crippen molar-refractivity contribution < 1.29 is 19.3 Å². The molecule has 128 valence electrons. The van der Waals surface area contributed by atoms with Gasteiger partial charge in [0.25, 0.3) is 5.82 Å². The molecule has 1 fully saturated rings. The molecule has 0 unspecified atom stereocenters. The largest absolute Gasteiger partial charge is 0.468 e. The fraction of sp³-hybridized carbons (Fsp3) is 0.588. The van der Waals surface area contributed by atoms with Gasteiger partial charge in [-0.1, -0.05) is 11.8 Å². The van der Waals surface area contributed by atoms with E-state index in [9.17, 15) is 10.1 Å². The number of anilines is 1. The van der Waals surface area contributed by atoms with E-state index in [1.165, 1.54) is 24.4 Å². The Balaban J connectivity index is 2.00. The van der Waals surface area contributed by atoms with Crippen LogP contribution < -0.4 is 9.88 Å². The quantitative estimate of drug-likeness (QED) is 0.604. The van der Waals surface area contributed by atoms with Crippen molar-refractivity contribution in [2.24, 2.45) is 0 Å². The van der Waals surface area contributed by atoms with Crippen molar-refractivity contribution in [1.29, 1.82) is 5.26 Å². The second kappa shape index (κ2) is 7.86. The highest BCUT2D eigenvalue weighted by atomic mass is 32.2. The molecule has 7 heteroatoms. The number of ether oxygens (including phenoxy) is 2. The van der Waals surface area contributed by atoms with Crippen LogP contribution in [0.5, 0.6) is 0 Å². The van der Waals surface area contributed by atoms with Gasteiger partial charge in [-0.3, -0.25) is 9.69 Å². The highest BCUT2D eigenvalue weighted by molar-refractivity contribution is 7.99. The van der Waals surface area contributed by atoms with Gasteiger partial charge in [-0.2, -0.15) is 5.26 Å². The van der Waals surface area contributed by atoms with E-state index in [-0.39, 0.29) is 11.7 Å². The Morgan fingerprint density at radius 1 is 1.33 bits per heavy atom. The van der Waals surface area contributed by atoms with E-state index in [2.05, 4.69) is 16.0 Å². The molecule has 24 heavy (non-hydrogen) atoms. The van der Waals surface area contributed by atoms with E-state index in [1.54, 1.807) is 0 Å². The highest BCUT2D eigenvalue weighted by Crippen LogP contribution is 2.33. The van der Waals surface area contributed by atoms with Gasteiger partial charge >= 0.3 is 5.97 Å². The van der Waals surface area contributed by atoms with E-state index in [1.807, 2.05) is 0 Å². The molecule has 1 aromatic heterocycles. The normalized spacial score (nSPS) is 17.1. The lowest BCUT2D eigenvalue weighted by molar-refractivity contribution is -0.414. The summed E-state index contributed by atoms with van der Waals surface area (Å²) in [4.78, 5) is 17.2. The van der Waals surface area contributed by atoms with Crippen LogP contribution in [0.15, 0.2) is 5.03 Å². The molecule has 1 N–H and O–H groups in total. The number of aromatic nitrogens is 1.